The Bertz CT molecular complexity index is 1060. The van der Waals surface area contributed by atoms with Crippen molar-refractivity contribution in [1.82, 2.24) is 15.1 Å². The van der Waals surface area contributed by atoms with E-state index in [-0.39, 0.29) is 11.7 Å². The van der Waals surface area contributed by atoms with Crippen molar-refractivity contribution in [2.45, 2.75) is 31.5 Å². The second kappa shape index (κ2) is 7.81. The van der Waals surface area contributed by atoms with Gasteiger partial charge in [-0.2, -0.15) is 18.3 Å². The zero-order valence-corrected chi connectivity index (χ0v) is 15.6. The maximum absolute atomic E-state index is 13.7. The summed E-state index contributed by atoms with van der Waals surface area (Å²) in [6, 6.07) is 11.6. The maximum atomic E-state index is 13.7. The van der Waals surface area contributed by atoms with Crippen molar-refractivity contribution in [3.8, 4) is 11.4 Å². The molecule has 1 aliphatic carbocycles. The van der Waals surface area contributed by atoms with Crippen LogP contribution in [0.15, 0.2) is 54.7 Å². The first-order valence-corrected chi connectivity index (χ1v) is 9.30. The number of carbonyl (C=O) groups excluding carboxylic acids is 1. The second-order valence-corrected chi connectivity index (χ2v) is 6.92. The standard InChI is InChI=1S/C21H17F4N3O2/c22-14-8-10-15(11-9-14)28-19(21(23,24)25)18(12-26-28)30-20(29)27-17-7-3-5-13-4-1-2-6-16(13)17/h1-2,4,6,8-12,17H,3,5,7H2,(H,27,29). The summed E-state index contributed by atoms with van der Waals surface area (Å²) in [6.45, 7) is 0. The Balaban J connectivity index is 1.58. The molecule has 2 aromatic carbocycles. The van der Waals surface area contributed by atoms with Gasteiger partial charge in [-0.25, -0.2) is 13.9 Å². The molecule has 0 fully saturated rings. The lowest BCUT2D eigenvalue weighted by molar-refractivity contribution is -0.143. The van der Waals surface area contributed by atoms with E-state index in [0.29, 0.717) is 11.1 Å². The first kappa shape index (κ1) is 19.9. The van der Waals surface area contributed by atoms with E-state index in [1.165, 1.54) is 0 Å². The van der Waals surface area contributed by atoms with Gasteiger partial charge in [-0.05, 0) is 54.7 Å². The number of nitrogens with zero attached hydrogens (tertiary/aromatic N) is 2. The Morgan fingerprint density at radius 3 is 2.60 bits per heavy atom. The SMILES string of the molecule is O=C(NC1CCCc2ccccc21)Oc1cnn(-c2ccc(F)cc2)c1C(F)(F)F. The number of halogens is 4. The third kappa shape index (κ3) is 4.00. The normalized spacial score (nSPS) is 16.1. The van der Waals surface area contributed by atoms with Gasteiger partial charge in [0.25, 0.3) is 0 Å². The monoisotopic (exact) mass is 419 g/mol. The number of fused-ring (bicyclic) bond motifs is 1. The third-order valence-electron chi connectivity index (χ3n) is 4.94. The number of benzene rings is 2. The van der Waals surface area contributed by atoms with Gasteiger partial charge in [-0.1, -0.05) is 24.3 Å². The molecule has 0 spiro atoms. The Kier molecular flexibility index (Phi) is 5.19. The van der Waals surface area contributed by atoms with Crippen molar-refractivity contribution in [1.29, 1.82) is 0 Å². The van der Waals surface area contributed by atoms with Crippen molar-refractivity contribution >= 4 is 6.09 Å². The molecular formula is C21H17F4N3O2. The number of aromatic nitrogens is 2. The smallest absolute Gasteiger partial charge is 0.406 e. The van der Waals surface area contributed by atoms with Crippen LogP contribution in [0.2, 0.25) is 0 Å². The van der Waals surface area contributed by atoms with Gasteiger partial charge in [0, 0.05) is 0 Å². The summed E-state index contributed by atoms with van der Waals surface area (Å²) in [5, 5.41) is 6.33. The minimum Gasteiger partial charge on any atom is -0.406 e. The highest BCUT2D eigenvalue weighted by Crippen LogP contribution is 2.38. The van der Waals surface area contributed by atoms with E-state index >= 15 is 0 Å². The number of hydrogen-bond acceptors (Lipinski definition) is 3. The lowest BCUT2D eigenvalue weighted by Gasteiger charge is -2.25. The van der Waals surface area contributed by atoms with Crippen LogP contribution in [0.3, 0.4) is 0 Å². The van der Waals surface area contributed by atoms with Crippen molar-refractivity contribution in [2.75, 3.05) is 0 Å². The van der Waals surface area contributed by atoms with E-state index < -0.39 is 29.5 Å². The molecule has 1 N–H and O–H groups in total. The topological polar surface area (TPSA) is 56.1 Å². The fourth-order valence-electron chi connectivity index (χ4n) is 3.62. The zero-order chi connectivity index (χ0) is 21.3. The van der Waals surface area contributed by atoms with E-state index in [4.69, 9.17) is 4.74 Å². The fourth-order valence-corrected chi connectivity index (χ4v) is 3.62. The van der Waals surface area contributed by atoms with Gasteiger partial charge in [-0.15, -0.1) is 0 Å². The van der Waals surface area contributed by atoms with Crippen LogP contribution in [0.1, 0.15) is 35.7 Å². The number of rotatable bonds is 3. The molecule has 1 amide bonds. The number of nitrogens with one attached hydrogen (secondary N) is 1. The Hall–Kier alpha value is -3.36. The molecule has 0 radical (unpaired) electrons. The van der Waals surface area contributed by atoms with E-state index in [1.54, 1.807) is 0 Å². The van der Waals surface area contributed by atoms with Gasteiger partial charge < -0.3 is 10.1 Å². The minimum atomic E-state index is -4.85. The number of alkyl halides is 3. The van der Waals surface area contributed by atoms with Crippen LogP contribution < -0.4 is 10.1 Å². The van der Waals surface area contributed by atoms with E-state index in [0.717, 1.165) is 54.4 Å². The van der Waals surface area contributed by atoms with E-state index in [2.05, 4.69) is 10.4 Å². The molecule has 1 atom stereocenters. The molecule has 156 valence electrons. The Morgan fingerprint density at radius 2 is 1.87 bits per heavy atom. The summed E-state index contributed by atoms with van der Waals surface area (Å²) in [4.78, 5) is 12.4. The van der Waals surface area contributed by atoms with Crippen LogP contribution in [0.4, 0.5) is 22.4 Å². The number of aryl methyl sites for hydroxylation is 1. The van der Waals surface area contributed by atoms with Crippen molar-refractivity contribution in [3.63, 3.8) is 0 Å². The average molecular weight is 419 g/mol. The summed E-state index contributed by atoms with van der Waals surface area (Å²) in [6.07, 6.45) is -2.64. The van der Waals surface area contributed by atoms with Crippen LogP contribution in [0.25, 0.3) is 5.69 Å². The molecule has 4 rings (SSSR count). The summed E-state index contributed by atoms with van der Waals surface area (Å²) in [5.41, 5.74) is 0.751. The van der Waals surface area contributed by atoms with E-state index in [9.17, 15) is 22.4 Å². The average Bonchev–Trinajstić information content (AvgIpc) is 3.13. The first-order valence-electron chi connectivity index (χ1n) is 9.30. The summed E-state index contributed by atoms with van der Waals surface area (Å²) >= 11 is 0. The lowest BCUT2D eigenvalue weighted by Crippen LogP contribution is -2.33. The minimum absolute atomic E-state index is 0.0137. The van der Waals surface area contributed by atoms with Gasteiger partial charge in [0.2, 0.25) is 0 Å². The molecule has 30 heavy (non-hydrogen) atoms. The molecule has 5 nitrogen and oxygen atoms in total. The van der Waals surface area contributed by atoms with E-state index in [1.807, 2.05) is 24.3 Å². The molecule has 1 heterocycles. The van der Waals surface area contributed by atoms with Crippen LogP contribution in [0.5, 0.6) is 5.75 Å². The largest absolute Gasteiger partial charge is 0.437 e. The summed E-state index contributed by atoms with van der Waals surface area (Å²) < 4.78 is 59.7. The highest BCUT2D eigenvalue weighted by atomic mass is 19.4. The van der Waals surface area contributed by atoms with Gasteiger partial charge in [0.15, 0.2) is 11.4 Å². The lowest BCUT2D eigenvalue weighted by atomic mass is 9.88. The molecule has 0 bridgehead atoms. The predicted molar refractivity (Wildman–Crippen MR) is 99.8 cm³/mol. The fraction of sp³-hybridized carbons (Fsp3) is 0.238. The predicted octanol–water partition coefficient (Wildman–Crippen LogP) is 5.20. The highest BCUT2D eigenvalue weighted by Gasteiger charge is 2.40. The molecule has 0 aliphatic heterocycles. The quantitative estimate of drug-likeness (QED) is 0.594. The molecule has 1 unspecified atom stereocenters. The number of hydrogen-bond donors (Lipinski definition) is 1. The first-order chi connectivity index (χ1) is 14.3. The molecular weight excluding hydrogens is 402 g/mol. The van der Waals surface area contributed by atoms with Crippen LogP contribution in [0, 0.1) is 5.82 Å². The summed E-state index contributed by atoms with van der Waals surface area (Å²) in [7, 11) is 0. The van der Waals surface area contributed by atoms with Gasteiger partial charge in [0.05, 0.1) is 17.9 Å². The molecule has 1 aromatic heterocycles. The Labute approximate surface area is 169 Å². The second-order valence-electron chi connectivity index (χ2n) is 6.92. The van der Waals surface area contributed by atoms with Gasteiger partial charge in [0.1, 0.15) is 5.82 Å². The maximum Gasteiger partial charge on any atom is 0.437 e. The number of carbonyl (C=O) groups is 1. The van der Waals surface area contributed by atoms with Crippen LogP contribution in [-0.4, -0.2) is 15.9 Å². The van der Waals surface area contributed by atoms with Crippen LogP contribution in [-0.2, 0) is 12.6 Å². The summed E-state index contributed by atoms with van der Waals surface area (Å²) in [5.74, 6) is -1.32. The van der Waals surface area contributed by atoms with Crippen molar-refractivity contribution in [3.05, 3.63) is 77.4 Å². The van der Waals surface area contributed by atoms with Crippen LogP contribution >= 0.6 is 0 Å². The van der Waals surface area contributed by atoms with Gasteiger partial charge in [-0.3, -0.25) is 0 Å². The molecule has 1 aliphatic rings. The van der Waals surface area contributed by atoms with Crippen molar-refractivity contribution in [2.24, 2.45) is 0 Å². The molecule has 0 saturated heterocycles. The zero-order valence-electron chi connectivity index (χ0n) is 15.6. The molecule has 0 saturated carbocycles. The molecule has 9 heteroatoms. The van der Waals surface area contributed by atoms with Crippen molar-refractivity contribution < 1.29 is 27.1 Å². The number of amides is 1. The molecule has 3 aromatic rings. The highest BCUT2D eigenvalue weighted by molar-refractivity contribution is 5.71. The number of ether oxygens (including phenoxy) is 1. The third-order valence-corrected chi connectivity index (χ3v) is 4.94. The Morgan fingerprint density at radius 1 is 1.13 bits per heavy atom. The van der Waals surface area contributed by atoms with Gasteiger partial charge >= 0.3 is 12.3 Å².